The minimum Gasteiger partial charge on any atom is -0.480 e. The average Bonchev–Trinajstić information content (AvgIpc) is 2.37. The third-order valence-electron chi connectivity index (χ3n) is 2.69. The number of nitrogens with zero attached hydrogens (tertiary/aromatic N) is 1. The fourth-order valence-electron chi connectivity index (χ4n) is 1.58. The van der Waals surface area contributed by atoms with Crippen molar-refractivity contribution in [2.75, 3.05) is 0 Å². The molecule has 114 valence electrons. The Kier molecular flexibility index (Phi) is 5.51. The van der Waals surface area contributed by atoms with Crippen LogP contribution in [0.25, 0.3) is 0 Å². The number of amides is 1. The van der Waals surface area contributed by atoms with Gasteiger partial charge in [-0.15, -0.1) is 0 Å². The van der Waals surface area contributed by atoms with Gasteiger partial charge in [0.2, 0.25) is 0 Å². The maximum atomic E-state index is 12.0. The van der Waals surface area contributed by atoms with Gasteiger partial charge in [-0.1, -0.05) is 37.0 Å². The van der Waals surface area contributed by atoms with Crippen LogP contribution in [0.5, 0.6) is 0 Å². The summed E-state index contributed by atoms with van der Waals surface area (Å²) in [6, 6.07) is 0.972. The number of rotatable bonds is 5. The first-order chi connectivity index (χ1) is 9.65. The Bertz CT molecular complexity index is 604. The lowest BCUT2D eigenvalue weighted by Gasteiger charge is -2.18. The summed E-state index contributed by atoms with van der Waals surface area (Å²) in [7, 11) is 0. The van der Waals surface area contributed by atoms with E-state index in [9.17, 15) is 19.7 Å². The molecule has 1 rings (SSSR count). The highest BCUT2D eigenvalue weighted by Gasteiger charge is 2.26. The lowest BCUT2D eigenvalue weighted by molar-refractivity contribution is -0.384. The summed E-state index contributed by atoms with van der Waals surface area (Å²) in [5.74, 6) is -2.34. The zero-order valence-electron chi connectivity index (χ0n) is 11.1. The quantitative estimate of drug-likeness (QED) is 0.635. The van der Waals surface area contributed by atoms with Crippen LogP contribution in [-0.2, 0) is 4.79 Å². The molecule has 0 saturated carbocycles. The first-order valence-electron chi connectivity index (χ1n) is 5.82. The van der Waals surface area contributed by atoms with Crippen molar-refractivity contribution < 1.29 is 19.6 Å². The minimum absolute atomic E-state index is 0.136. The molecule has 7 nitrogen and oxygen atoms in total. The van der Waals surface area contributed by atoms with Gasteiger partial charge >= 0.3 is 5.97 Å². The molecule has 1 aromatic carbocycles. The summed E-state index contributed by atoms with van der Waals surface area (Å²) in [5.41, 5.74) is -0.659. The van der Waals surface area contributed by atoms with Crippen LogP contribution >= 0.6 is 23.2 Å². The van der Waals surface area contributed by atoms with Crippen LogP contribution in [0.3, 0.4) is 0 Å². The first-order valence-corrected chi connectivity index (χ1v) is 6.57. The largest absolute Gasteiger partial charge is 0.480 e. The van der Waals surface area contributed by atoms with Gasteiger partial charge in [0, 0.05) is 11.6 Å². The molecule has 0 saturated heterocycles. The third kappa shape index (κ3) is 4.05. The van der Waals surface area contributed by atoms with E-state index in [4.69, 9.17) is 28.3 Å². The predicted molar refractivity (Wildman–Crippen MR) is 76.8 cm³/mol. The molecule has 1 aromatic rings. The zero-order chi connectivity index (χ0) is 16.3. The molecule has 2 N–H and O–H groups in total. The maximum Gasteiger partial charge on any atom is 0.326 e. The van der Waals surface area contributed by atoms with Crippen molar-refractivity contribution >= 4 is 40.8 Å². The Morgan fingerprint density at radius 1 is 1.33 bits per heavy atom. The summed E-state index contributed by atoms with van der Waals surface area (Å²) >= 11 is 11.4. The number of nitro groups is 1. The first kappa shape index (κ1) is 17.2. The Morgan fingerprint density at radius 3 is 2.33 bits per heavy atom. The van der Waals surface area contributed by atoms with Crippen LogP contribution < -0.4 is 5.32 Å². The van der Waals surface area contributed by atoms with Crippen molar-refractivity contribution in [1.29, 1.82) is 0 Å². The lowest BCUT2D eigenvalue weighted by Crippen LogP contribution is -2.44. The molecular formula is C12H12Cl2N2O5. The molecule has 0 heterocycles. The molecule has 1 atom stereocenters. The number of carbonyl (C=O) groups excluding carboxylic acids is 1. The molecule has 0 fully saturated rings. The number of hydrogen-bond donors (Lipinski definition) is 2. The number of carbonyl (C=O) groups is 2. The highest BCUT2D eigenvalue weighted by Crippen LogP contribution is 2.33. The summed E-state index contributed by atoms with van der Waals surface area (Å²) in [6.45, 7) is 3.24. The molecular weight excluding hydrogens is 323 g/mol. The monoisotopic (exact) mass is 334 g/mol. The van der Waals surface area contributed by atoms with Crippen LogP contribution in [0.4, 0.5) is 5.69 Å². The van der Waals surface area contributed by atoms with Crippen LogP contribution in [0.2, 0.25) is 10.0 Å². The van der Waals surface area contributed by atoms with Gasteiger partial charge in [0.05, 0.1) is 9.95 Å². The number of carboxylic acids is 1. The molecule has 0 spiro atoms. The molecule has 1 amide bonds. The molecule has 1 unspecified atom stereocenters. The second-order valence-electron chi connectivity index (χ2n) is 4.58. The number of halogens is 2. The standard InChI is InChI=1S/C12H12Cl2N2O5/c1-5(2)10(12(18)19)15-11(17)6-3-7(13)9(14)8(4-6)16(20)21/h3-5,10H,1-2H3,(H,15,17)(H,18,19). The van der Waals surface area contributed by atoms with Gasteiger partial charge in [-0.3, -0.25) is 14.9 Å². The Balaban J connectivity index is 3.14. The molecule has 21 heavy (non-hydrogen) atoms. The van der Waals surface area contributed by atoms with Gasteiger partial charge in [0.15, 0.2) is 0 Å². The molecule has 0 aliphatic heterocycles. The van der Waals surface area contributed by atoms with Gasteiger partial charge in [-0.05, 0) is 12.0 Å². The molecule has 0 aromatic heterocycles. The highest BCUT2D eigenvalue weighted by molar-refractivity contribution is 6.43. The molecule has 0 aliphatic carbocycles. The Morgan fingerprint density at radius 2 is 1.90 bits per heavy atom. The zero-order valence-corrected chi connectivity index (χ0v) is 12.6. The van der Waals surface area contributed by atoms with E-state index in [0.29, 0.717) is 0 Å². The van der Waals surface area contributed by atoms with E-state index >= 15 is 0 Å². The topological polar surface area (TPSA) is 110 Å². The van der Waals surface area contributed by atoms with Crippen molar-refractivity contribution in [2.24, 2.45) is 5.92 Å². The van der Waals surface area contributed by atoms with E-state index in [1.807, 2.05) is 0 Å². The summed E-state index contributed by atoms with van der Waals surface area (Å²) in [6.07, 6.45) is 0. The predicted octanol–water partition coefficient (Wildman–Crippen LogP) is 2.74. The van der Waals surface area contributed by atoms with E-state index in [2.05, 4.69) is 5.32 Å². The Hall–Kier alpha value is -1.86. The van der Waals surface area contributed by atoms with E-state index in [-0.39, 0.29) is 21.5 Å². The van der Waals surface area contributed by atoms with Crippen molar-refractivity contribution in [3.05, 3.63) is 37.9 Å². The van der Waals surface area contributed by atoms with Crippen LogP contribution in [-0.4, -0.2) is 27.9 Å². The summed E-state index contributed by atoms with van der Waals surface area (Å²) in [5, 5.41) is 21.7. The number of nitrogens with one attached hydrogen (secondary N) is 1. The van der Waals surface area contributed by atoms with Gasteiger partial charge in [-0.25, -0.2) is 4.79 Å². The Labute approximate surface area is 130 Å². The van der Waals surface area contributed by atoms with Gasteiger partial charge in [0.25, 0.3) is 11.6 Å². The average molecular weight is 335 g/mol. The smallest absolute Gasteiger partial charge is 0.326 e. The normalized spacial score (nSPS) is 12.0. The van der Waals surface area contributed by atoms with Crippen molar-refractivity contribution in [1.82, 2.24) is 5.32 Å². The second-order valence-corrected chi connectivity index (χ2v) is 5.37. The molecule has 0 bridgehead atoms. The fourth-order valence-corrected chi connectivity index (χ4v) is 1.97. The third-order valence-corrected chi connectivity index (χ3v) is 3.48. The summed E-state index contributed by atoms with van der Waals surface area (Å²) in [4.78, 5) is 33.1. The molecule has 0 aliphatic rings. The van der Waals surface area contributed by atoms with Crippen LogP contribution in [0, 0.1) is 16.0 Å². The van der Waals surface area contributed by atoms with Crippen molar-refractivity contribution in [3.8, 4) is 0 Å². The van der Waals surface area contributed by atoms with E-state index < -0.39 is 28.5 Å². The number of benzene rings is 1. The van der Waals surface area contributed by atoms with E-state index in [0.717, 1.165) is 12.1 Å². The van der Waals surface area contributed by atoms with Crippen molar-refractivity contribution in [3.63, 3.8) is 0 Å². The molecule has 0 radical (unpaired) electrons. The fraction of sp³-hybridized carbons (Fsp3) is 0.333. The van der Waals surface area contributed by atoms with Crippen LogP contribution in [0.1, 0.15) is 24.2 Å². The SMILES string of the molecule is CC(C)C(NC(=O)c1cc(Cl)c(Cl)c([N+](=O)[O-])c1)C(=O)O. The van der Waals surface area contributed by atoms with E-state index in [1.54, 1.807) is 13.8 Å². The minimum atomic E-state index is -1.20. The lowest BCUT2D eigenvalue weighted by atomic mass is 10.0. The number of nitro benzene ring substituents is 1. The van der Waals surface area contributed by atoms with Crippen molar-refractivity contribution in [2.45, 2.75) is 19.9 Å². The van der Waals surface area contributed by atoms with E-state index in [1.165, 1.54) is 0 Å². The van der Waals surface area contributed by atoms with Gasteiger partial charge in [0.1, 0.15) is 11.1 Å². The van der Waals surface area contributed by atoms with Gasteiger partial charge < -0.3 is 10.4 Å². The number of hydrogen-bond acceptors (Lipinski definition) is 4. The summed E-state index contributed by atoms with van der Waals surface area (Å²) < 4.78 is 0. The molecule has 9 heteroatoms. The second kappa shape index (κ2) is 6.73. The maximum absolute atomic E-state index is 12.0. The van der Waals surface area contributed by atoms with Gasteiger partial charge in [-0.2, -0.15) is 0 Å². The van der Waals surface area contributed by atoms with Crippen LogP contribution in [0.15, 0.2) is 12.1 Å². The highest BCUT2D eigenvalue weighted by atomic mass is 35.5. The number of carboxylic acid groups (broad SMARTS) is 1. The number of aliphatic carboxylic acids is 1.